The van der Waals surface area contributed by atoms with Crippen LogP contribution in [0.3, 0.4) is 0 Å². The first kappa shape index (κ1) is 13.1. The van der Waals surface area contributed by atoms with Gasteiger partial charge in [0.2, 0.25) is 0 Å². The van der Waals surface area contributed by atoms with E-state index in [1.54, 1.807) is 0 Å². The van der Waals surface area contributed by atoms with E-state index in [4.69, 9.17) is 9.47 Å². The standard InChI is InChI=1S/C14H19NO3/c1-10-12(18-14(2,3)17-10)13(16)15-9-11-7-5-4-6-8-11/h4-8,10,12H,9H2,1-3H3,(H,15,16)/t10-,12-/m0/s1. The van der Waals surface area contributed by atoms with Crippen LogP contribution >= 0.6 is 0 Å². The van der Waals surface area contributed by atoms with Crippen molar-refractivity contribution in [3.05, 3.63) is 35.9 Å². The topological polar surface area (TPSA) is 47.6 Å². The van der Waals surface area contributed by atoms with E-state index >= 15 is 0 Å². The third kappa shape index (κ3) is 3.09. The molecule has 0 saturated carbocycles. The van der Waals surface area contributed by atoms with E-state index in [2.05, 4.69) is 5.32 Å². The van der Waals surface area contributed by atoms with E-state index < -0.39 is 11.9 Å². The van der Waals surface area contributed by atoms with Crippen molar-refractivity contribution in [2.75, 3.05) is 0 Å². The van der Waals surface area contributed by atoms with Crippen molar-refractivity contribution in [3.63, 3.8) is 0 Å². The third-order valence-corrected chi connectivity index (χ3v) is 2.87. The van der Waals surface area contributed by atoms with Crippen molar-refractivity contribution in [1.82, 2.24) is 5.32 Å². The second kappa shape index (κ2) is 5.08. The van der Waals surface area contributed by atoms with Gasteiger partial charge in [-0.05, 0) is 26.3 Å². The number of benzene rings is 1. The zero-order chi connectivity index (χ0) is 13.2. The predicted molar refractivity (Wildman–Crippen MR) is 67.8 cm³/mol. The molecule has 0 spiro atoms. The van der Waals surface area contributed by atoms with Gasteiger partial charge in [-0.1, -0.05) is 30.3 Å². The lowest BCUT2D eigenvalue weighted by atomic mass is 10.2. The molecule has 4 heteroatoms. The number of ether oxygens (including phenoxy) is 2. The Morgan fingerprint density at radius 1 is 1.28 bits per heavy atom. The van der Waals surface area contributed by atoms with Gasteiger partial charge in [0, 0.05) is 6.54 Å². The number of carbonyl (C=O) groups is 1. The minimum Gasteiger partial charge on any atom is -0.350 e. The Kier molecular flexibility index (Phi) is 3.68. The summed E-state index contributed by atoms with van der Waals surface area (Å²) >= 11 is 0. The number of amides is 1. The van der Waals surface area contributed by atoms with Crippen molar-refractivity contribution >= 4 is 5.91 Å². The molecule has 1 heterocycles. The minimum absolute atomic E-state index is 0.128. The van der Waals surface area contributed by atoms with Gasteiger partial charge in [-0.25, -0.2) is 0 Å². The molecule has 0 aromatic heterocycles. The minimum atomic E-state index is -0.686. The monoisotopic (exact) mass is 249 g/mol. The van der Waals surface area contributed by atoms with Crippen LogP contribution < -0.4 is 5.32 Å². The van der Waals surface area contributed by atoms with E-state index in [9.17, 15) is 4.79 Å². The van der Waals surface area contributed by atoms with Crippen molar-refractivity contribution in [3.8, 4) is 0 Å². The predicted octanol–water partition coefficient (Wildman–Crippen LogP) is 1.84. The largest absolute Gasteiger partial charge is 0.350 e. The average molecular weight is 249 g/mol. The zero-order valence-electron chi connectivity index (χ0n) is 11.0. The third-order valence-electron chi connectivity index (χ3n) is 2.87. The number of nitrogens with one attached hydrogen (secondary N) is 1. The molecule has 0 aliphatic carbocycles. The van der Waals surface area contributed by atoms with Gasteiger partial charge >= 0.3 is 0 Å². The molecule has 1 fully saturated rings. The molecule has 0 bridgehead atoms. The van der Waals surface area contributed by atoms with E-state index in [0.717, 1.165) is 5.56 Å². The summed E-state index contributed by atoms with van der Waals surface area (Å²) in [6.07, 6.45) is -0.764. The average Bonchev–Trinajstić information content (AvgIpc) is 2.61. The molecule has 0 unspecified atom stereocenters. The highest BCUT2D eigenvalue weighted by atomic mass is 16.8. The van der Waals surface area contributed by atoms with E-state index in [1.165, 1.54) is 0 Å². The normalized spacial score (nSPS) is 25.9. The molecule has 2 atom stereocenters. The molecule has 1 aromatic carbocycles. The summed E-state index contributed by atoms with van der Waals surface area (Å²) in [5, 5.41) is 2.87. The fourth-order valence-electron chi connectivity index (χ4n) is 2.09. The molecule has 1 aromatic rings. The van der Waals surface area contributed by atoms with Crippen LogP contribution in [0.1, 0.15) is 26.3 Å². The summed E-state index contributed by atoms with van der Waals surface area (Å²) in [6.45, 7) is 5.98. The van der Waals surface area contributed by atoms with Gasteiger partial charge in [0.15, 0.2) is 11.9 Å². The SMILES string of the molecule is C[C@@H]1OC(C)(C)O[C@@H]1C(=O)NCc1ccccc1. The highest BCUT2D eigenvalue weighted by Gasteiger charge is 2.42. The summed E-state index contributed by atoms with van der Waals surface area (Å²) in [7, 11) is 0. The molecule has 4 nitrogen and oxygen atoms in total. The molecule has 1 aliphatic heterocycles. The Bertz CT molecular complexity index is 416. The number of hydrogen-bond donors (Lipinski definition) is 1. The van der Waals surface area contributed by atoms with Crippen molar-refractivity contribution < 1.29 is 14.3 Å². The molecule has 1 amide bonds. The Morgan fingerprint density at radius 3 is 2.50 bits per heavy atom. The van der Waals surface area contributed by atoms with Gasteiger partial charge in [-0.2, -0.15) is 0 Å². The van der Waals surface area contributed by atoms with Crippen molar-refractivity contribution in [1.29, 1.82) is 0 Å². The van der Waals surface area contributed by atoms with Crippen LogP contribution in [0.4, 0.5) is 0 Å². The van der Waals surface area contributed by atoms with Crippen LogP contribution in [0.15, 0.2) is 30.3 Å². The lowest BCUT2D eigenvalue weighted by Crippen LogP contribution is -2.39. The smallest absolute Gasteiger partial charge is 0.252 e. The molecule has 1 saturated heterocycles. The van der Waals surface area contributed by atoms with Gasteiger partial charge in [0.05, 0.1) is 6.10 Å². The van der Waals surface area contributed by atoms with Crippen LogP contribution in [-0.2, 0) is 20.8 Å². The van der Waals surface area contributed by atoms with Gasteiger partial charge < -0.3 is 14.8 Å². The first-order chi connectivity index (χ1) is 8.48. The van der Waals surface area contributed by atoms with Crippen LogP contribution in [0.2, 0.25) is 0 Å². The van der Waals surface area contributed by atoms with Gasteiger partial charge in [-0.15, -0.1) is 0 Å². The first-order valence-electron chi connectivity index (χ1n) is 6.15. The van der Waals surface area contributed by atoms with Crippen LogP contribution in [0, 0.1) is 0 Å². The maximum absolute atomic E-state index is 12.0. The lowest BCUT2D eigenvalue weighted by Gasteiger charge is -2.16. The summed E-state index contributed by atoms with van der Waals surface area (Å²) in [6, 6.07) is 9.79. The van der Waals surface area contributed by atoms with E-state index in [1.807, 2.05) is 51.1 Å². The Balaban J connectivity index is 1.89. The second-order valence-corrected chi connectivity index (χ2v) is 4.96. The molecule has 2 rings (SSSR count). The molecular formula is C14H19NO3. The highest BCUT2D eigenvalue weighted by molar-refractivity contribution is 5.81. The number of hydrogen-bond acceptors (Lipinski definition) is 3. The molecule has 0 radical (unpaired) electrons. The van der Waals surface area contributed by atoms with Gasteiger partial charge in [-0.3, -0.25) is 4.79 Å². The molecule has 98 valence electrons. The van der Waals surface area contributed by atoms with Crippen molar-refractivity contribution in [2.24, 2.45) is 0 Å². The Hall–Kier alpha value is -1.39. The van der Waals surface area contributed by atoms with E-state index in [-0.39, 0.29) is 12.0 Å². The maximum Gasteiger partial charge on any atom is 0.252 e. The molecule has 1 N–H and O–H groups in total. The van der Waals surface area contributed by atoms with E-state index in [0.29, 0.717) is 6.54 Å². The van der Waals surface area contributed by atoms with Crippen LogP contribution in [-0.4, -0.2) is 23.9 Å². The maximum atomic E-state index is 12.0. The molecule has 18 heavy (non-hydrogen) atoms. The van der Waals surface area contributed by atoms with Gasteiger partial charge in [0.25, 0.3) is 5.91 Å². The quantitative estimate of drug-likeness (QED) is 0.889. The first-order valence-corrected chi connectivity index (χ1v) is 6.15. The van der Waals surface area contributed by atoms with Gasteiger partial charge in [0.1, 0.15) is 0 Å². The summed E-state index contributed by atoms with van der Waals surface area (Å²) in [5.41, 5.74) is 1.07. The zero-order valence-corrected chi connectivity index (χ0v) is 11.0. The lowest BCUT2D eigenvalue weighted by molar-refractivity contribution is -0.155. The highest BCUT2D eigenvalue weighted by Crippen LogP contribution is 2.27. The summed E-state index contributed by atoms with van der Waals surface area (Å²) in [4.78, 5) is 12.0. The second-order valence-electron chi connectivity index (χ2n) is 4.96. The number of rotatable bonds is 3. The molecular weight excluding hydrogens is 230 g/mol. The summed E-state index contributed by atoms with van der Waals surface area (Å²) < 4.78 is 11.1. The summed E-state index contributed by atoms with van der Waals surface area (Å²) in [5.74, 6) is -0.814. The fraction of sp³-hybridized carbons (Fsp3) is 0.500. The molecule has 1 aliphatic rings. The fourth-order valence-corrected chi connectivity index (χ4v) is 2.09. The Morgan fingerprint density at radius 2 is 1.94 bits per heavy atom. The van der Waals surface area contributed by atoms with Crippen LogP contribution in [0.25, 0.3) is 0 Å². The Labute approximate surface area is 107 Å². The van der Waals surface area contributed by atoms with Crippen LogP contribution in [0.5, 0.6) is 0 Å². The van der Waals surface area contributed by atoms with Crippen molar-refractivity contribution in [2.45, 2.75) is 45.3 Å². The number of carbonyl (C=O) groups excluding carboxylic acids is 1.